The van der Waals surface area contributed by atoms with E-state index >= 15 is 0 Å². The van der Waals surface area contributed by atoms with Gasteiger partial charge in [-0.3, -0.25) is 4.79 Å². The van der Waals surface area contributed by atoms with E-state index in [9.17, 15) is 9.90 Å². The molecule has 0 atom stereocenters. The van der Waals surface area contributed by atoms with Crippen molar-refractivity contribution in [3.63, 3.8) is 0 Å². The number of aliphatic hydroxyl groups is 1. The van der Waals surface area contributed by atoms with Gasteiger partial charge in [-0.1, -0.05) is 30.3 Å². The van der Waals surface area contributed by atoms with Gasteiger partial charge in [-0.15, -0.1) is 0 Å². The van der Waals surface area contributed by atoms with Crippen LogP contribution in [0.1, 0.15) is 24.4 Å². The van der Waals surface area contributed by atoms with Crippen molar-refractivity contribution in [1.29, 1.82) is 0 Å². The van der Waals surface area contributed by atoms with Gasteiger partial charge in [0.2, 0.25) is 0 Å². The first-order chi connectivity index (χ1) is 9.38. The number of furan rings is 1. The Morgan fingerprint density at radius 3 is 2.50 bits per heavy atom. The molecule has 20 heavy (non-hydrogen) atoms. The molecule has 4 heteroatoms. The molecule has 1 aromatic carbocycles. The quantitative estimate of drug-likeness (QED) is 0.932. The van der Waals surface area contributed by atoms with E-state index < -0.39 is 5.60 Å². The highest BCUT2D eigenvalue weighted by Gasteiger charge is 2.24. The summed E-state index contributed by atoms with van der Waals surface area (Å²) in [5.74, 6) is 0.0546. The Labute approximate surface area is 118 Å². The smallest absolute Gasteiger partial charge is 0.290 e. The monoisotopic (exact) mass is 273 g/mol. The summed E-state index contributed by atoms with van der Waals surface area (Å²) in [7, 11) is 1.65. The van der Waals surface area contributed by atoms with E-state index in [4.69, 9.17) is 4.42 Å². The molecule has 1 aromatic heterocycles. The van der Waals surface area contributed by atoms with E-state index in [1.54, 1.807) is 27.0 Å². The normalized spacial score (nSPS) is 11.4. The maximum Gasteiger partial charge on any atom is 0.290 e. The molecule has 1 amide bonds. The molecule has 0 unspecified atom stereocenters. The molecule has 0 fully saturated rings. The summed E-state index contributed by atoms with van der Waals surface area (Å²) >= 11 is 0. The Morgan fingerprint density at radius 1 is 1.25 bits per heavy atom. The van der Waals surface area contributed by atoms with E-state index in [1.165, 1.54) is 11.2 Å². The first kappa shape index (κ1) is 14.3. The summed E-state index contributed by atoms with van der Waals surface area (Å²) in [5, 5.41) is 9.80. The van der Waals surface area contributed by atoms with Crippen LogP contribution in [0, 0.1) is 0 Å². The zero-order valence-corrected chi connectivity index (χ0v) is 12.0. The highest BCUT2D eigenvalue weighted by atomic mass is 16.3. The molecule has 2 rings (SSSR count). The van der Waals surface area contributed by atoms with Crippen LogP contribution >= 0.6 is 0 Å². The lowest BCUT2D eigenvalue weighted by atomic mass is 10.1. The van der Waals surface area contributed by atoms with E-state index in [2.05, 4.69) is 0 Å². The molecule has 4 nitrogen and oxygen atoms in total. The lowest BCUT2D eigenvalue weighted by molar-refractivity contribution is 0.0352. The second-order valence-corrected chi connectivity index (χ2v) is 5.50. The van der Waals surface area contributed by atoms with Gasteiger partial charge in [-0.05, 0) is 25.5 Å². The van der Waals surface area contributed by atoms with Gasteiger partial charge in [0.05, 0.1) is 11.9 Å². The number of hydrogen-bond acceptors (Lipinski definition) is 3. The summed E-state index contributed by atoms with van der Waals surface area (Å²) in [6.07, 6.45) is 1.51. The molecule has 2 aromatic rings. The van der Waals surface area contributed by atoms with Crippen molar-refractivity contribution in [1.82, 2.24) is 4.90 Å². The molecule has 1 N–H and O–H groups in total. The minimum absolute atomic E-state index is 0.237. The van der Waals surface area contributed by atoms with Crippen molar-refractivity contribution < 1.29 is 14.3 Å². The maximum absolute atomic E-state index is 12.4. The number of rotatable bonds is 4. The molecule has 0 saturated heterocycles. The molecule has 0 aliphatic heterocycles. The molecule has 0 aliphatic rings. The van der Waals surface area contributed by atoms with Crippen LogP contribution in [0.25, 0.3) is 11.1 Å². The average molecular weight is 273 g/mol. The Morgan fingerprint density at radius 2 is 1.90 bits per heavy atom. The third kappa shape index (κ3) is 3.27. The molecule has 106 valence electrons. The van der Waals surface area contributed by atoms with Crippen LogP contribution in [-0.4, -0.2) is 35.1 Å². The molecule has 0 aliphatic carbocycles. The highest BCUT2D eigenvalue weighted by molar-refractivity contribution is 5.98. The summed E-state index contributed by atoms with van der Waals surface area (Å²) in [6, 6.07) is 11.4. The van der Waals surface area contributed by atoms with Crippen molar-refractivity contribution in [2.24, 2.45) is 0 Å². The predicted octanol–water partition coefficient (Wildman–Crippen LogP) is 2.79. The summed E-state index contributed by atoms with van der Waals surface area (Å²) in [4.78, 5) is 13.9. The summed E-state index contributed by atoms with van der Waals surface area (Å²) < 4.78 is 5.34. The maximum atomic E-state index is 12.4. The lowest BCUT2D eigenvalue weighted by Gasteiger charge is -2.25. The number of amides is 1. The van der Waals surface area contributed by atoms with E-state index in [0.717, 1.165) is 11.1 Å². The first-order valence-corrected chi connectivity index (χ1v) is 6.49. The van der Waals surface area contributed by atoms with Gasteiger partial charge in [0.25, 0.3) is 5.91 Å². The van der Waals surface area contributed by atoms with Gasteiger partial charge in [-0.2, -0.15) is 0 Å². The van der Waals surface area contributed by atoms with Gasteiger partial charge in [0.15, 0.2) is 5.76 Å². The third-order valence-corrected chi connectivity index (χ3v) is 2.92. The fourth-order valence-corrected chi connectivity index (χ4v) is 2.15. The van der Waals surface area contributed by atoms with Crippen molar-refractivity contribution >= 4 is 5.91 Å². The zero-order chi connectivity index (χ0) is 14.8. The SMILES string of the molecule is CN(CC(C)(C)O)C(=O)c1occc1-c1ccccc1. The fraction of sp³-hybridized carbons (Fsp3) is 0.312. The molecular formula is C16H19NO3. The Hall–Kier alpha value is -2.07. The summed E-state index contributed by atoms with van der Waals surface area (Å²) in [5.41, 5.74) is 0.753. The minimum Gasteiger partial charge on any atom is -0.459 e. The molecular weight excluding hydrogens is 254 g/mol. The van der Waals surface area contributed by atoms with Crippen LogP contribution in [0.15, 0.2) is 47.1 Å². The van der Waals surface area contributed by atoms with Crippen LogP contribution in [0.4, 0.5) is 0 Å². The van der Waals surface area contributed by atoms with Gasteiger partial charge in [-0.25, -0.2) is 0 Å². The Kier molecular flexibility index (Phi) is 3.95. The molecule has 0 spiro atoms. The standard InChI is InChI=1S/C16H19NO3/c1-16(2,19)11-17(3)15(18)14-13(9-10-20-14)12-7-5-4-6-8-12/h4-10,19H,11H2,1-3H3. The van der Waals surface area contributed by atoms with Gasteiger partial charge < -0.3 is 14.4 Å². The van der Waals surface area contributed by atoms with Crippen LogP contribution in [0.3, 0.4) is 0 Å². The molecule has 0 bridgehead atoms. The largest absolute Gasteiger partial charge is 0.459 e. The van der Waals surface area contributed by atoms with E-state index in [0.29, 0.717) is 5.76 Å². The highest BCUT2D eigenvalue weighted by Crippen LogP contribution is 2.25. The van der Waals surface area contributed by atoms with E-state index in [-0.39, 0.29) is 12.5 Å². The van der Waals surface area contributed by atoms with Crippen LogP contribution in [-0.2, 0) is 0 Å². The number of benzene rings is 1. The second kappa shape index (κ2) is 5.51. The fourth-order valence-electron chi connectivity index (χ4n) is 2.15. The first-order valence-electron chi connectivity index (χ1n) is 6.49. The van der Waals surface area contributed by atoms with Crippen molar-refractivity contribution in [3.8, 4) is 11.1 Å². The summed E-state index contributed by atoms with van der Waals surface area (Å²) in [6.45, 7) is 3.56. The lowest BCUT2D eigenvalue weighted by Crippen LogP contribution is -2.39. The third-order valence-electron chi connectivity index (χ3n) is 2.92. The number of likely N-dealkylation sites (N-methyl/N-ethyl adjacent to an activating group) is 1. The molecule has 0 radical (unpaired) electrons. The number of carbonyl (C=O) groups is 1. The average Bonchev–Trinajstić information content (AvgIpc) is 2.86. The second-order valence-electron chi connectivity index (χ2n) is 5.50. The van der Waals surface area contributed by atoms with Gasteiger partial charge in [0, 0.05) is 19.2 Å². The van der Waals surface area contributed by atoms with Crippen LogP contribution < -0.4 is 0 Å². The van der Waals surface area contributed by atoms with Crippen molar-refractivity contribution in [2.45, 2.75) is 19.4 Å². The number of nitrogens with zero attached hydrogens (tertiary/aromatic N) is 1. The topological polar surface area (TPSA) is 53.7 Å². The van der Waals surface area contributed by atoms with Crippen molar-refractivity contribution in [3.05, 3.63) is 48.4 Å². The molecule has 0 saturated carbocycles. The Balaban J connectivity index is 2.27. The Bertz CT molecular complexity index is 581. The van der Waals surface area contributed by atoms with Gasteiger partial charge >= 0.3 is 0 Å². The predicted molar refractivity (Wildman–Crippen MR) is 77.4 cm³/mol. The molecule has 1 heterocycles. The number of hydrogen-bond donors (Lipinski definition) is 1. The zero-order valence-electron chi connectivity index (χ0n) is 12.0. The van der Waals surface area contributed by atoms with E-state index in [1.807, 2.05) is 30.3 Å². The number of carbonyl (C=O) groups excluding carboxylic acids is 1. The van der Waals surface area contributed by atoms with Crippen LogP contribution in [0.5, 0.6) is 0 Å². The van der Waals surface area contributed by atoms with Crippen LogP contribution in [0.2, 0.25) is 0 Å². The van der Waals surface area contributed by atoms with Gasteiger partial charge in [0.1, 0.15) is 0 Å². The minimum atomic E-state index is -0.941. The van der Waals surface area contributed by atoms with Crippen molar-refractivity contribution in [2.75, 3.05) is 13.6 Å².